The van der Waals surface area contributed by atoms with Gasteiger partial charge in [-0.3, -0.25) is 14.4 Å². The number of fused-ring (bicyclic) bond motifs is 1. The van der Waals surface area contributed by atoms with E-state index in [0.717, 1.165) is 0 Å². The second kappa shape index (κ2) is 13.4. The molecule has 1 aliphatic heterocycles. The Labute approximate surface area is 240 Å². The van der Waals surface area contributed by atoms with Gasteiger partial charge in [-0.25, -0.2) is 14.6 Å². The topological polar surface area (TPSA) is 176 Å². The number of pyridine rings is 1. The number of piperazine rings is 1. The molecule has 3 aromatic rings. The van der Waals surface area contributed by atoms with Crippen molar-refractivity contribution >= 4 is 40.7 Å². The van der Waals surface area contributed by atoms with Crippen molar-refractivity contribution in [3.05, 3.63) is 65.9 Å². The molecular formula is C29H30N4O9. The number of hydrogen-bond acceptors (Lipinski definition) is 8. The Morgan fingerprint density at radius 3 is 2.29 bits per heavy atom. The summed E-state index contributed by atoms with van der Waals surface area (Å²) < 4.78 is 11.0. The van der Waals surface area contributed by atoms with Crippen molar-refractivity contribution in [2.24, 2.45) is 0 Å². The monoisotopic (exact) mass is 578 g/mol. The van der Waals surface area contributed by atoms with E-state index in [1.807, 2.05) is 0 Å². The number of carboxylic acid groups (broad SMARTS) is 2. The van der Waals surface area contributed by atoms with Crippen LogP contribution in [-0.4, -0.2) is 93.7 Å². The van der Waals surface area contributed by atoms with Crippen LogP contribution in [0.5, 0.6) is 11.5 Å². The zero-order valence-corrected chi connectivity index (χ0v) is 22.8. The summed E-state index contributed by atoms with van der Waals surface area (Å²) in [7, 11) is 0. The third kappa shape index (κ3) is 7.11. The number of benzene rings is 2. The van der Waals surface area contributed by atoms with Crippen molar-refractivity contribution in [1.29, 1.82) is 0 Å². The van der Waals surface area contributed by atoms with Crippen LogP contribution in [0.15, 0.2) is 54.6 Å². The number of aromatic nitrogens is 1. The van der Waals surface area contributed by atoms with Crippen LogP contribution in [0.1, 0.15) is 40.6 Å². The number of ether oxygens (including phenoxy) is 2. The lowest BCUT2D eigenvalue weighted by molar-refractivity contribution is -0.138. The highest BCUT2D eigenvalue weighted by Crippen LogP contribution is 2.32. The SMILES string of the molecule is CCOC(=O)N1CCN(C(=O)[C@H](CCC(=O)O)NC(=O)c2cc(Oc3ccccc3C(=O)O)c3ccccc3n2)CC1. The van der Waals surface area contributed by atoms with Gasteiger partial charge in [0.15, 0.2) is 0 Å². The Morgan fingerprint density at radius 2 is 1.60 bits per heavy atom. The highest BCUT2D eigenvalue weighted by atomic mass is 16.6. The molecule has 1 aliphatic rings. The summed E-state index contributed by atoms with van der Waals surface area (Å²) in [6, 6.07) is 13.0. The molecule has 0 aliphatic carbocycles. The molecule has 1 aromatic heterocycles. The zero-order valence-electron chi connectivity index (χ0n) is 22.8. The van der Waals surface area contributed by atoms with E-state index in [1.54, 1.807) is 43.3 Å². The average Bonchev–Trinajstić information content (AvgIpc) is 2.99. The Kier molecular flexibility index (Phi) is 9.53. The summed E-state index contributed by atoms with van der Waals surface area (Å²) >= 11 is 0. The first-order chi connectivity index (χ1) is 20.2. The van der Waals surface area contributed by atoms with Gasteiger partial charge < -0.3 is 34.8 Å². The summed E-state index contributed by atoms with van der Waals surface area (Å²) in [5.74, 6) is -3.32. The molecule has 220 valence electrons. The highest BCUT2D eigenvalue weighted by molar-refractivity contribution is 5.99. The quantitative estimate of drug-likeness (QED) is 0.324. The van der Waals surface area contributed by atoms with Crippen LogP contribution in [0.4, 0.5) is 4.79 Å². The third-order valence-electron chi connectivity index (χ3n) is 6.62. The number of carbonyl (C=O) groups excluding carboxylic acids is 3. The molecule has 0 bridgehead atoms. The molecule has 13 heteroatoms. The molecular weight excluding hydrogens is 548 g/mol. The summed E-state index contributed by atoms with van der Waals surface area (Å²) in [6.07, 6.45) is -1.02. The van der Waals surface area contributed by atoms with Crippen molar-refractivity contribution in [3.8, 4) is 11.5 Å². The largest absolute Gasteiger partial charge is 0.481 e. The molecule has 0 unspecified atom stereocenters. The van der Waals surface area contributed by atoms with Gasteiger partial charge >= 0.3 is 18.0 Å². The van der Waals surface area contributed by atoms with E-state index in [-0.39, 0.29) is 68.4 Å². The van der Waals surface area contributed by atoms with Crippen molar-refractivity contribution < 1.29 is 43.7 Å². The first kappa shape index (κ1) is 29.8. The predicted molar refractivity (Wildman–Crippen MR) is 149 cm³/mol. The molecule has 1 saturated heterocycles. The minimum absolute atomic E-state index is 0.0594. The molecule has 2 heterocycles. The van der Waals surface area contributed by atoms with Crippen LogP contribution in [0.3, 0.4) is 0 Å². The molecule has 4 rings (SSSR count). The fraction of sp³-hybridized carbons (Fsp3) is 0.310. The minimum Gasteiger partial charge on any atom is -0.481 e. The number of nitrogens with one attached hydrogen (secondary N) is 1. The maximum absolute atomic E-state index is 13.4. The lowest BCUT2D eigenvalue weighted by Gasteiger charge is -2.35. The summed E-state index contributed by atoms with van der Waals surface area (Å²) in [5.41, 5.74) is 0.194. The Balaban J connectivity index is 1.57. The van der Waals surface area contributed by atoms with Gasteiger partial charge in [-0.05, 0) is 37.6 Å². The second-order valence-electron chi connectivity index (χ2n) is 9.40. The second-order valence-corrected chi connectivity index (χ2v) is 9.40. The van der Waals surface area contributed by atoms with E-state index >= 15 is 0 Å². The number of aromatic carboxylic acids is 1. The minimum atomic E-state index is -1.19. The van der Waals surface area contributed by atoms with Crippen LogP contribution in [0.25, 0.3) is 10.9 Å². The van der Waals surface area contributed by atoms with Gasteiger partial charge in [-0.2, -0.15) is 0 Å². The number of amides is 3. The molecule has 3 amide bonds. The standard InChI is InChI=1S/C29H30N4O9/c1-2-41-29(40)33-15-13-32(14-16-33)27(37)21(11-12-25(34)35)31-26(36)22-17-24(18-7-3-5-9-20(18)30-22)42-23-10-6-4-8-19(23)28(38)39/h3-10,17,21H,2,11-16H2,1H3,(H,31,36)(H,34,35)(H,38,39)/t21-/m0/s1. The molecule has 1 atom stereocenters. The number of nitrogens with zero attached hydrogens (tertiary/aromatic N) is 3. The smallest absolute Gasteiger partial charge is 0.409 e. The number of rotatable bonds is 10. The average molecular weight is 579 g/mol. The number of aliphatic carboxylic acids is 1. The molecule has 0 spiro atoms. The fourth-order valence-corrected chi connectivity index (χ4v) is 4.50. The van der Waals surface area contributed by atoms with Crippen molar-refractivity contribution in [2.75, 3.05) is 32.8 Å². The van der Waals surface area contributed by atoms with Crippen LogP contribution in [0, 0.1) is 0 Å². The van der Waals surface area contributed by atoms with Gasteiger partial charge in [0, 0.05) is 44.1 Å². The molecule has 1 fully saturated rings. The lowest BCUT2D eigenvalue weighted by atomic mass is 10.1. The lowest BCUT2D eigenvalue weighted by Crippen LogP contribution is -2.56. The van der Waals surface area contributed by atoms with Gasteiger partial charge in [-0.15, -0.1) is 0 Å². The van der Waals surface area contributed by atoms with E-state index in [1.165, 1.54) is 28.0 Å². The number of hydrogen-bond donors (Lipinski definition) is 3. The van der Waals surface area contributed by atoms with E-state index in [4.69, 9.17) is 9.47 Å². The molecule has 13 nitrogen and oxygen atoms in total. The summed E-state index contributed by atoms with van der Waals surface area (Å²) in [5, 5.41) is 21.9. The van der Waals surface area contributed by atoms with E-state index in [0.29, 0.717) is 10.9 Å². The van der Waals surface area contributed by atoms with Gasteiger partial charge in [0.1, 0.15) is 28.8 Å². The number of carboxylic acids is 2. The normalized spacial score (nSPS) is 13.7. The van der Waals surface area contributed by atoms with Crippen LogP contribution >= 0.6 is 0 Å². The Hall–Kier alpha value is -5.20. The van der Waals surface area contributed by atoms with E-state index in [9.17, 15) is 34.2 Å². The molecule has 2 aromatic carbocycles. The highest BCUT2D eigenvalue weighted by Gasteiger charge is 2.31. The zero-order chi connectivity index (χ0) is 30.2. The van der Waals surface area contributed by atoms with Gasteiger partial charge in [-0.1, -0.05) is 24.3 Å². The van der Waals surface area contributed by atoms with Crippen LogP contribution < -0.4 is 10.1 Å². The molecule has 0 saturated carbocycles. The van der Waals surface area contributed by atoms with Crippen molar-refractivity contribution in [2.45, 2.75) is 25.8 Å². The third-order valence-corrected chi connectivity index (χ3v) is 6.62. The first-order valence-electron chi connectivity index (χ1n) is 13.3. The number of carbonyl (C=O) groups is 5. The Morgan fingerprint density at radius 1 is 0.929 bits per heavy atom. The van der Waals surface area contributed by atoms with Crippen molar-refractivity contribution in [3.63, 3.8) is 0 Å². The van der Waals surface area contributed by atoms with Crippen LogP contribution in [-0.2, 0) is 14.3 Å². The first-order valence-corrected chi connectivity index (χ1v) is 13.3. The van der Waals surface area contributed by atoms with Gasteiger partial charge in [0.05, 0.1) is 12.1 Å². The van der Waals surface area contributed by atoms with E-state index < -0.39 is 35.9 Å². The molecule has 0 radical (unpaired) electrons. The van der Waals surface area contributed by atoms with E-state index in [2.05, 4.69) is 10.3 Å². The summed E-state index contributed by atoms with van der Waals surface area (Å²) in [4.78, 5) is 69.1. The van der Waals surface area contributed by atoms with Crippen LogP contribution in [0.2, 0.25) is 0 Å². The van der Waals surface area contributed by atoms with Gasteiger partial charge in [0.25, 0.3) is 5.91 Å². The fourth-order valence-electron chi connectivity index (χ4n) is 4.50. The maximum atomic E-state index is 13.4. The summed E-state index contributed by atoms with van der Waals surface area (Å²) in [6.45, 7) is 2.76. The predicted octanol–water partition coefficient (Wildman–Crippen LogP) is 2.99. The molecule has 3 N–H and O–H groups in total. The Bertz CT molecular complexity index is 1500. The maximum Gasteiger partial charge on any atom is 0.409 e. The van der Waals surface area contributed by atoms with Crippen molar-refractivity contribution in [1.82, 2.24) is 20.1 Å². The number of para-hydroxylation sites is 2. The van der Waals surface area contributed by atoms with Gasteiger partial charge in [0.2, 0.25) is 5.91 Å². The molecule has 42 heavy (non-hydrogen) atoms.